The van der Waals surface area contributed by atoms with Crippen molar-refractivity contribution in [2.75, 3.05) is 41.7 Å². The Morgan fingerprint density at radius 1 is 0.875 bits per heavy atom. The number of anilines is 3. The third-order valence-electron chi connectivity index (χ3n) is 8.73. The number of rotatable bonds is 7. The van der Waals surface area contributed by atoms with E-state index in [2.05, 4.69) is 87.8 Å². The summed E-state index contributed by atoms with van der Waals surface area (Å²) in [6.45, 7) is 7.69. The van der Waals surface area contributed by atoms with Gasteiger partial charge in [-0.2, -0.15) is 15.5 Å². The summed E-state index contributed by atoms with van der Waals surface area (Å²) in [5, 5.41) is 27.7. The third kappa shape index (κ3) is 6.80. The Morgan fingerprint density at radius 2 is 1.46 bits per heavy atom. The van der Waals surface area contributed by atoms with Gasteiger partial charge in [-0.15, -0.1) is 0 Å². The SMILES string of the molecule is C[C@H]1CN(c2ccc(C#N)cn2)C[C@H]1Nc1c(C(N)=O)cnn2cc(Br)cc12.C[C@H]1CNC[C@H]1Nc1c(C(N)=O)cnn2cc(Br)cc12. The fourth-order valence-corrected chi connectivity index (χ4v) is 6.90. The summed E-state index contributed by atoms with van der Waals surface area (Å²) in [6.07, 6.45) is 8.26. The van der Waals surface area contributed by atoms with Crippen LogP contribution in [0.3, 0.4) is 0 Å². The van der Waals surface area contributed by atoms with Crippen molar-refractivity contribution in [3.63, 3.8) is 0 Å². The van der Waals surface area contributed by atoms with Crippen LogP contribution in [0.5, 0.6) is 0 Å². The number of nitrogens with two attached hydrogens (primary N) is 2. The zero-order valence-corrected chi connectivity index (χ0v) is 29.4. The highest BCUT2D eigenvalue weighted by molar-refractivity contribution is 9.10. The van der Waals surface area contributed by atoms with Gasteiger partial charge in [0.1, 0.15) is 11.9 Å². The van der Waals surface area contributed by atoms with E-state index < -0.39 is 11.8 Å². The lowest BCUT2D eigenvalue weighted by Crippen LogP contribution is -2.30. The van der Waals surface area contributed by atoms with E-state index in [1.54, 1.807) is 21.3 Å². The molecular formula is C32H34Br2N12O2. The Labute approximate surface area is 293 Å². The van der Waals surface area contributed by atoms with Gasteiger partial charge in [-0.05, 0) is 74.5 Å². The van der Waals surface area contributed by atoms with Gasteiger partial charge in [-0.25, -0.2) is 14.0 Å². The molecule has 7 heterocycles. The van der Waals surface area contributed by atoms with Crippen LogP contribution in [0.1, 0.15) is 40.1 Å². The van der Waals surface area contributed by atoms with Crippen LogP contribution in [0.4, 0.5) is 17.2 Å². The molecule has 0 aliphatic carbocycles. The van der Waals surface area contributed by atoms with E-state index in [0.717, 1.165) is 51.1 Å². The molecule has 2 saturated heterocycles. The van der Waals surface area contributed by atoms with Crippen LogP contribution in [0, 0.1) is 23.2 Å². The zero-order chi connectivity index (χ0) is 34.1. The molecule has 2 aliphatic heterocycles. The Bertz CT molecular complexity index is 2040. The molecule has 14 nitrogen and oxygen atoms in total. The quantitative estimate of drug-likeness (QED) is 0.163. The van der Waals surface area contributed by atoms with Crippen LogP contribution >= 0.6 is 31.9 Å². The minimum Gasteiger partial charge on any atom is -0.378 e. The monoisotopic (exact) mass is 776 g/mol. The predicted octanol–water partition coefficient (Wildman–Crippen LogP) is 3.61. The van der Waals surface area contributed by atoms with E-state index in [4.69, 9.17) is 16.7 Å². The van der Waals surface area contributed by atoms with Crippen LogP contribution in [0.15, 0.2) is 64.2 Å². The normalized spacial score (nSPS) is 20.4. The first kappa shape index (κ1) is 33.2. The largest absolute Gasteiger partial charge is 0.378 e. The molecule has 5 aromatic heterocycles. The standard InChI is InChI=1S/C19H18BrN7O.C13H16BrN5O/c1-11-8-26(17-3-2-12(5-21)6-23-17)10-15(11)25-18-14(19(22)28)7-24-27-9-13(20)4-16(18)27;1-7-3-16-5-10(7)18-12-9(13(15)20)4-17-19-6-8(14)2-11(12)19/h2-4,6-7,9,11,15,25H,8,10H2,1H3,(H2,22,28);2,4,6-7,10,16,18H,3,5H2,1H3,(H2,15,20)/t11-,15+;7-,10+/m00/s1. The van der Waals surface area contributed by atoms with E-state index >= 15 is 0 Å². The van der Waals surface area contributed by atoms with Crippen molar-refractivity contribution < 1.29 is 9.59 Å². The first-order valence-corrected chi connectivity index (χ1v) is 16.9. The van der Waals surface area contributed by atoms with Crippen LogP contribution in [0.25, 0.3) is 11.0 Å². The molecule has 7 rings (SSSR count). The van der Waals surface area contributed by atoms with Crippen LogP contribution in [-0.2, 0) is 0 Å². The molecule has 0 bridgehead atoms. The number of hydrogen-bond acceptors (Lipinski definition) is 10. The second-order valence-corrected chi connectivity index (χ2v) is 13.9. The summed E-state index contributed by atoms with van der Waals surface area (Å²) in [4.78, 5) is 30.1. The van der Waals surface area contributed by atoms with E-state index in [1.807, 2.05) is 30.6 Å². The van der Waals surface area contributed by atoms with Gasteiger partial charge in [0.15, 0.2) is 0 Å². The molecule has 48 heavy (non-hydrogen) atoms. The van der Waals surface area contributed by atoms with E-state index in [-0.39, 0.29) is 12.1 Å². The topological polar surface area (TPSA) is 197 Å². The average molecular weight is 779 g/mol. The Hall–Kier alpha value is -4.72. The molecule has 7 N–H and O–H groups in total. The van der Waals surface area contributed by atoms with Gasteiger partial charge in [-0.3, -0.25) is 9.59 Å². The number of nitrogens with zero attached hydrogens (tertiary/aromatic N) is 7. The van der Waals surface area contributed by atoms with Crippen molar-refractivity contribution in [3.8, 4) is 6.07 Å². The van der Waals surface area contributed by atoms with Crippen molar-refractivity contribution in [2.45, 2.75) is 25.9 Å². The number of nitriles is 1. The number of hydrogen-bond donors (Lipinski definition) is 5. The van der Waals surface area contributed by atoms with Gasteiger partial charge in [-0.1, -0.05) is 13.8 Å². The Morgan fingerprint density at radius 3 is 1.94 bits per heavy atom. The Balaban J connectivity index is 0.000000177. The average Bonchev–Trinajstić information content (AvgIpc) is 3.83. The summed E-state index contributed by atoms with van der Waals surface area (Å²) < 4.78 is 5.21. The van der Waals surface area contributed by atoms with Gasteiger partial charge in [0, 0.05) is 59.3 Å². The number of carbonyl (C=O) groups excluding carboxylic acids is 2. The first-order valence-electron chi connectivity index (χ1n) is 15.3. The highest BCUT2D eigenvalue weighted by atomic mass is 79.9. The summed E-state index contributed by atoms with van der Waals surface area (Å²) in [7, 11) is 0. The van der Waals surface area contributed by atoms with E-state index in [1.165, 1.54) is 12.4 Å². The number of amides is 2. The van der Waals surface area contributed by atoms with E-state index in [0.29, 0.717) is 40.8 Å². The number of aromatic nitrogens is 5. The molecule has 2 fully saturated rings. The predicted molar refractivity (Wildman–Crippen MR) is 190 cm³/mol. The van der Waals surface area contributed by atoms with Gasteiger partial charge in [0.25, 0.3) is 11.8 Å². The fourth-order valence-electron chi connectivity index (χ4n) is 6.08. The number of nitrogens with one attached hydrogen (secondary N) is 3. The van der Waals surface area contributed by atoms with Gasteiger partial charge < -0.3 is 32.3 Å². The number of pyridine rings is 1. The molecule has 0 unspecified atom stereocenters. The molecule has 0 saturated carbocycles. The highest BCUT2D eigenvalue weighted by Gasteiger charge is 2.32. The minimum atomic E-state index is -0.522. The second kappa shape index (κ2) is 13.8. The van der Waals surface area contributed by atoms with Gasteiger partial charge in [0.05, 0.1) is 51.5 Å². The lowest BCUT2D eigenvalue weighted by molar-refractivity contribution is 0.0992. The number of carbonyl (C=O) groups is 2. The third-order valence-corrected chi connectivity index (χ3v) is 9.60. The van der Waals surface area contributed by atoms with Gasteiger partial charge in [0.2, 0.25) is 0 Å². The van der Waals surface area contributed by atoms with Crippen molar-refractivity contribution in [2.24, 2.45) is 23.3 Å². The van der Waals surface area contributed by atoms with Crippen LogP contribution in [0.2, 0.25) is 0 Å². The molecule has 248 valence electrons. The molecule has 2 aliphatic rings. The van der Waals surface area contributed by atoms with Crippen LogP contribution in [-0.4, -0.2) is 74.3 Å². The smallest absolute Gasteiger partial charge is 0.252 e. The summed E-state index contributed by atoms with van der Waals surface area (Å²) in [5.41, 5.74) is 15.4. The first-order chi connectivity index (χ1) is 23.0. The minimum absolute atomic E-state index is 0.0930. The maximum Gasteiger partial charge on any atom is 0.252 e. The van der Waals surface area contributed by atoms with Crippen molar-refractivity contribution >= 4 is 71.9 Å². The zero-order valence-electron chi connectivity index (χ0n) is 26.2. The van der Waals surface area contributed by atoms with Crippen molar-refractivity contribution in [1.29, 1.82) is 5.26 Å². The summed E-state index contributed by atoms with van der Waals surface area (Å²) in [6, 6.07) is 9.90. The fraction of sp³-hybridized carbons (Fsp3) is 0.312. The molecule has 4 atom stereocenters. The number of primary amides is 2. The molecule has 16 heteroatoms. The second-order valence-electron chi connectivity index (χ2n) is 12.1. The maximum atomic E-state index is 11.9. The van der Waals surface area contributed by atoms with Crippen molar-refractivity contribution in [1.82, 2.24) is 29.5 Å². The Kier molecular flexibility index (Phi) is 9.54. The number of halogens is 2. The molecule has 5 aromatic rings. The highest BCUT2D eigenvalue weighted by Crippen LogP contribution is 2.31. The lowest BCUT2D eigenvalue weighted by atomic mass is 10.1. The molecule has 0 spiro atoms. The van der Waals surface area contributed by atoms with Crippen molar-refractivity contribution in [3.05, 3.63) is 80.9 Å². The maximum absolute atomic E-state index is 11.9. The summed E-state index contributed by atoms with van der Waals surface area (Å²) in [5.74, 6) is 0.632. The lowest BCUT2D eigenvalue weighted by Gasteiger charge is -2.20. The van der Waals surface area contributed by atoms with Crippen LogP contribution < -0.4 is 32.3 Å². The molecule has 2 amide bonds. The molecular weight excluding hydrogens is 744 g/mol. The molecule has 0 radical (unpaired) electrons. The summed E-state index contributed by atoms with van der Waals surface area (Å²) >= 11 is 6.88. The van der Waals surface area contributed by atoms with E-state index in [9.17, 15) is 9.59 Å². The number of fused-ring (bicyclic) bond motifs is 2. The van der Waals surface area contributed by atoms with Gasteiger partial charge >= 0.3 is 0 Å². The molecule has 0 aromatic carbocycles.